The molecule has 0 amide bonds. The first-order chi connectivity index (χ1) is 9.50. The van der Waals surface area contributed by atoms with E-state index < -0.39 is 5.54 Å². The lowest BCUT2D eigenvalue weighted by molar-refractivity contribution is 0.0779. The van der Waals surface area contributed by atoms with Crippen LogP contribution >= 0.6 is 0 Å². The predicted octanol–water partition coefficient (Wildman–Crippen LogP) is 3.47. The molecule has 0 aliphatic rings. The zero-order valence-electron chi connectivity index (χ0n) is 13.0. The highest BCUT2D eigenvalue weighted by atomic mass is 16.5. The number of nitriles is 1. The highest BCUT2D eigenvalue weighted by molar-refractivity contribution is 5.31. The van der Waals surface area contributed by atoms with Crippen molar-refractivity contribution in [1.29, 1.82) is 5.26 Å². The van der Waals surface area contributed by atoms with Gasteiger partial charge in [0.1, 0.15) is 0 Å². The van der Waals surface area contributed by atoms with Crippen LogP contribution in [-0.4, -0.2) is 19.3 Å². The fourth-order valence-electron chi connectivity index (χ4n) is 2.10. The molecule has 0 heterocycles. The lowest BCUT2D eigenvalue weighted by Crippen LogP contribution is -2.48. The van der Waals surface area contributed by atoms with Crippen molar-refractivity contribution in [2.24, 2.45) is 5.92 Å². The Morgan fingerprint density at radius 2 is 1.85 bits per heavy atom. The summed E-state index contributed by atoms with van der Waals surface area (Å²) < 4.78 is 5.77. The van der Waals surface area contributed by atoms with Gasteiger partial charge in [0.05, 0.1) is 12.7 Å². The van der Waals surface area contributed by atoms with Gasteiger partial charge < -0.3 is 4.74 Å². The summed E-state index contributed by atoms with van der Waals surface area (Å²) in [5, 5.41) is 13.1. The quantitative estimate of drug-likeness (QED) is 0.738. The molecule has 0 bridgehead atoms. The van der Waals surface area contributed by atoms with Crippen LogP contribution in [0.1, 0.15) is 39.7 Å². The molecule has 3 heteroatoms. The van der Waals surface area contributed by atoms with E-state index >= 15 is 0 Å². The maximum absolute atomic E-state index is 9.69. The summed E-state index contributed by atoms with van der Waals surface area (Å²) in [4.78, 5) is 0. The van der Waals surface area contributed by atoms with Gasteiger partial charge in [-0.15, -0.1) is 0 Å². The van der Waals surface area contributed by atoms with Gasteiger partial charge in [0.2, 0.25) is 0 Å². The highest BCUT2D eigenvalue weighted by Crippen LogP contribution is 2.22. The van der Waals surface area contributed by atoms with Crippen LogP contribution in [-0.2, 0) is 10.3 Å². The number of benzene rings is 1. The van der Waals surface area contributed by atoms with Gasteiger partial charge in [-0.05, 0) is 31.7 Å². The molecular formula is C17H26N2O. The van der Waals surface area contributed by atoms with Crippen LogP contribution in [0.3, 0.4) is 0 Å². The normalized spacial score (nSPS) is 14.2. The predicted molar refractivity (Wildman–Crippen MR) is 82.3 cm³/mol. The second kappa shape index (κ2) is 8.04. The van der Waals surface area contributed by atoms with Crippen LogP contribution in [0, 0.1) is 17.2 Å². The van der Waals surface area contributed by atoms with E-state index in [1.807, 2.05) is 44.2 Å². The summed E-state index contributed by atoms with van der Waals surface area (Å²) in [5.74, 6) is 0.612. The summed E-state index contributed by atoms with van der Waals surface area (Å²) in [7, 11) is 0. The van der Waals surface area contributed by atoms with Crippen LogP contribution in [0.15, 0.2) is 30.3 Å². The Morgan fingerprint density at radius 1 is 1.20 bits per heavy atom. The van der Waals surface area contributed by atoms with Crippen LogP contribution in [0.25, 0.3) is 0 Å². The van der Waals surface area contributed by atoms with Gasteiger partial charge in [0.25, 0.3) is 0 Å². The van der Waals surface area contributed by atoms with Gasteiger partial charge in [0.15, 0.2) is 5.54 Å². The maximum Gasteiger partial charge on any atom is 0.156 e. The summed E-state index contributed by atoms with van der Waals surface area (Å²) in [6.45, 7) is 9.49. The fraction of sp³-hybridized carbons (Fsp3) is 0.588. The van der Waals surface area contributed by atoms with Crippen molar-refractivity contribution < 1.29 is 4.74 Å². The summed E-state index contributed by atoms with van der Waals surface area (Å²) in [6, 6.07) is 12.5. The average molecular weight is 274 g/mol. The second-order valence-electron chi connectivity index (χ2n) is 5.92. The fourth-order valence-corrected chi connectivity index (χ4v) is 2.10. The lowest BCUT2D eigenvalue weighted by Gasteiger charge is -2.30. The van der Waals surface area contributed by atoms with Crippen molar-refractivity contribution in [3.63, 3.8) is 0 Å². The molecule has 1 unspecified atom stereocenters. The number of rotatable bonds is 8. The van der Waals surface area contributed by atoms with Crippen molar-refractivity contribution in [2.45, 2.75) is 45.7 Å². The number of ether oxygens (including phenoxy) is 1. The van der Waals surface area contributed by atoms with E-state index in [0.29, 0.717) is 19.1 Å². The summed E-state index contributed by atoms with van der Waals surface area (Å²) >= 11 is 0. The Kier molecular flexibility index (Phi) is 6.70. The third kappa shape index (κ3) is 4.96. The van der Waals surface area contributed by atoms with Crippen LogP contribution < -0.4 is 5.32 Å². The van der Waals surface area contributed by atoms with Crippen molar-refractivity contribution in [2.75, 3.05) is 13.2 Å². The molecule has 1 aromatic rings. The molecule has 0 aliphatic heterocycles. The molecule has 0 saturated carbocycles. The first-order valence-corrected chi connectivity index (χ1v) is 7.32. The minimum Gasteiger partial charge on any atom is -0.378 e. The molecule has 1 N–H and O–H groups in total. The number of hydrogen-bond acceptors (Lipinski definition) is 3. The lowest BCUT2D eigenvalue weighted by atomic mass is 9.91. The van der Waals surface area contributed by atoms with Gasteiger partial charge in [-0.2, -0.15) is 5.26 Å². The monoisotopic (exact) mass is 274 g/mol. The van der Waals surface area contributed by atoms with Gasteiger partial charge in [-0.25, -0.2) is 0 Å². The topological polar surface area (TPSA) is 45.0 Å². The number of nitrogens with one attached hydrogen (secondary N) is 1. The first-order valence-electron chi connectivity index (χ1n) is 7.32. The Labute approximate surface area is 123 Å². The first kappa shape index (κ1) is 16.7. The largest absolute Gasteiger partial charge is 0.378 e. The van der Waals surface area contributed by atoms with Gasteiger partial charge >= 0.3 is 0 Å². The van der Waals surface area contributed by atoms with E-state index in [1.165, 1.54) is 0 Å². The van der Waals surface area contributed by atoms with Gasteiger partial charge in [-0.1, -0.05) is 44.2 Å². The van der Waals surface area contributed by atoms with E-state index in [2.05, 4.69) is 25.2 Å². The Hall–Kier alpha value is -1.37. The molecule has 3 nitrogen and oxygen atoms in total. The van der Waals surface area contributed by atoms with Crippen LogP contribution in [0.5, 0.6) is 0 Å². The van der Waals surface area contributed by atoms with Crippen molar-refractivity contribution in [3.05, 3.63) is 35.9 Å². The van der Waals surface area contributed by atoms with Gasteiger partial charge in [-0.3, -0.25) is 5.32 Å². The summed E-state index contributed by atoms with van der Waals surface area (Å²) in [6.07, 6.45) is 1.01. The molecule has 0 saturated heterocycles. The molecule has 0 radical (unpaired) electrons. The van der Waals surface area contributed by atoms with Crippen molar-refractivity contribution in [3.8, 4) is 6.07 Å². The Bertz CT molecular complexity index is 422. The third-order valence-electron chi connectivity index (χ3n) is 3.15. The molecular weight excluding hydrogens is 248 g/mol. The van der Waals surface area contributed by atoms with E-state index in [9.17, 15) is 5.26 Å². The zero-order chi connectivity index (χ0) is 15.0. The second-order valence-corrected chi connectivity index (χ2v) is 5.92. The van der Waals surface area contributed by atoms with E-state index in [1.54, 1.807) is 0 Å². The summed E-state index contributed by atoms with van der Waals surface area (Å²) in [5.41, 5.74) is 0.188. The van der Waals surface area contributed by atoms with Crippen molar-refractivity contribution >= 4 is 0 Å². The van der Waals surface area contributed by atoms with Crippen LogP contribution in [0.2, 0.25) is 0 Å². The minimum atomic E-state index is -0.771. The van der Waals surface area contributed by atoms with E-state index in [4.69, 9.17) is 4.74 Å². The SMILES string of the molecule is CC(C)CCOCC(C#N)(NC(C)C)c1ccccc1. The Morgan fingerprint density at radius 3 is 2.35 bits per heavy atom. The highest BCUT2D eigenvalue weighted by Gasteiger charge is 2.33. The van der Waals surface area contributed by atoms with E-state index in [0.717, 1.165) is 12.0 Å². The van der Waals surface area contributed by atoms with Crippen molar-refractivity contribution in [1.82, 2.24) is 5.32 Å². The average Bonchev–Trinajstić information content (AvgIpc) is 2.42. The molecule has 20 heavy (non-hydrogen) atoms. The molecule has 0 aromatic heterocycles. The smallest absolute Gasteiger partial charge is 0.156 e. The maximum atomic E-state index is 9.69. The molecule has 1 rings (SSSR count). The Balaban J connectivity index is 2.82. The van der Waals surface area contributed by atoms with Gasteiger partial charge in [0, 0.05) is 12.6 Å². The number of nitrogens with zero attached hydrogens (tertiary/aromatic N) is 1. The minimum absolute atomic E-state index is 0.212. The molecule has 1 atom stereocenters. The molecule has 0 aliphatic carbocycles. The van der Waals surface area contributed by atoms with E-state index in [-0.39, 0.29) is 6.04 Å². The third-order valence-corrected chi connectivity index (χ3v) is 3.15. The van der Waals surface area contributed by atoms with Crippen LogP contribution in [0.4, 0.5) is 0 Å². The molecule has 110 valence electrons. The molecule has 0 fully saturated rings. The number of hydrogen-bond donors (Lipinski definition) is 1. The molecule has 0 spiro atoms. The molecule has 1 aromatic carbocycles. The zero-order valence-corrected chi connectivity index (χ0v) is 13.0. The standard InChI is InChI=1S/C17H26N2O/c1-14(2)10-11-20-13-17(12-18,19-15(3)4)16-8-6-5-7-9-16/h5-9,14-15,19H,10-11,13H2,1-4H3.